The fraction of sp³-hybridized carbons (Fsp3) is 1.00. The maximum absolute atomic E-state index is 12.5. The van der Waals surface area contributed by atoms with E-state index < -0.39 is 34.9 Å². The second-order valence-electron chi connectivity index (χ2n) is 7.86. The van der Waals surface area contributed by atoms with Gasteiger partial charge in [-0.1, -0.05) is 0 Å². The Kier molecular flexibility index (Phi) is 6.74. The van der Waals surface area contributed by atoms with Crippen molar-refractivity contribution in [3.05, 3.63) is 0 Å². The summed E-state index contributed by atoms with van der Waals surface area (Å²) in [4.78, 5) is 0. The quantitative estimate of drug-likeness (QED) is 0.581. The van der Waals surface area contributed by atoms with E-state index in [2.05, 4.69) is 0 Å². The van der Waals surface area contributed by atoms with Crippen molar-refractivity contribution in [2.45, 2.75) is 0 Å². The lowest BCUT2D eigenvalue weighted by Gasteiger charge is -2.43. The largest absolute Gasteiger partial charge is 0.331 e. The van der Waals surface area contributed by atoms with Gasteiger partial charge in [0.1, 0.15) is 0 Å². The van der Waals surface area contributed by atoms with Crippen LogP contribution in [-0.4, -0.2) is 77.7 Å². The van der Waals surface area contributed by atoms with Gasteiger partial charge in [-0.3, -0.25) is 9.13 Å². The van der Waals surface area contributed by atoms with Gasteiger partial charge in [0.2, 0.25) is 0 Å². The lowest BCUT2D eigenvalue weighted by Crippen LogP contribution is -2.46. The third-order valence-electron chi connectivity index (χ3n) is 4.09. The maximum atomic E-state index is 12.5. The van der Waals surface area contributed by atoms with E-state index in [4.69, 9.17) is 18.1 Å². The standard InChI is InChI=1S/C13H28O8P4/c1-22(2,14)5-7-24(16)18-9-13(10-19-24)11-20-25(17,21-12-13)8-6-23(3,4)15/h5-12H2,1-4H3. The molecule has 2 saturated heterocycles. The van der Waals surface area contributed by atoms with Crippen LogP contribution in [0.25, 0.3) is 0 Å². The Morgan fingerprint density at radius 2 is 1.00 bits per heavy atom. The predicted molar refractivity (Wildman–Crippen MR) is 99.8 cm³/mol. The highest BCUT2D eigenvalue weighted by Gasteiger charge is 2.48. The Bertz CT molecular complexity index is 592. The molecule has 2 heterocycles. The molecule has 0 saturated carbocycles. The third-order valence-corrected chi connectivity index (χ3v) is 11.0. The molecule has 148 valence electrons. The molecule has 25 heavy (non-hydrogen) atoms. The summed E-state index contributed by atoms with van der Waals surface area (Å²) < 4.78 is 70.4. The van der Waals surface area contributed by atoms with Crippen LogP contribution in [0.4, 0.5) is 0 Å². The SMILES string of the molecule is CP(C)(=O)CCP1(=O)OCC2(CO1)COP(=O)(CCP(C)(C)=O)OC2. The molecular formula is C13H28O8P4. The molecule has 0 unspecified atom stereocenters. The van der Waals surface area contributed by atoms with Crippen molar-refractivity contribution in [2.75, 3.05) is 77.7 Å². The lowest BCUT2D eigenvalue weighted by atomic mass is 9.93. The zero-order valence-corrected chi connectivity index (χ0v) is 18.8. The summed E-state index contributed by atoms with van der Waals surface area (Å²) in [5, 5.41) is 0. The molecule has 12 heteroatoms. The summed E-state index contributed by atoms with van der Waals surface area (Å²) in [6.45, 7) is 6.99. The van der Waals surface area contributed by atoms with E-state index in [1.165, 1.54) is 0 Å². The van der Waals surface area contributed by atoms with Gasteiger partial charge in [0.15, 0.2) is 0 Å². The van der Waals surface area contributed by atoms with Crippen LogP contribution in [0.15, 0.2) is 0 Å². The minimum atomic E-state index is -3.26. The van der Waals surface area contributed by atoms with Gasteiger partial charge in [0, 0.05) is 12.3 Å². The Labute approximate surface area is 149 Å². The molecule has 1 spiro atoms. The van der Waals surface area contributed by atoms with Crippen molar-refractivity contribution in [3.8, 4) is 0 Å². The fourth-order valence-corrected chi connectivity index (χ4v) is 10.6. The first-order chi connectivity index (χ1) is 11.2. The van der Waals surface area contributed by atoms with Crippen LogP contribution in [0.3, 0.4) is 0 Å². The number of hydrogen-bond donors (Lipinski definition) is 0. The van der Waals surface area contributed by atoms with Gasteiger partial charge in [-0.25, -0.2) is 0 Å². The van der Waals surface area contributed by atoms with E-state index in [9.17, 15) is 18.3 Å². The van der Waals surface area contributed by atoms with Crippen molar-refractivity contribution in [3.63, 3.8) is 0 Å². The molecule has 2 aliphatic heterocycles. The summed E-state index contributed by atoms with van der Waals surface area (Å²) in [7, 11) is -11.1. The highest BCUT2D eigenvalue weighted by atomic mass is 31.2. The van der Waals surface area contributed by atoms with E-state index in [1.807, 2.05) is 0 Å². The van der Waals surface area contributed by atoms with Crippen molar-refractivity contribution in [2.24, 2.45) is 5.41 Å². The van der Waals surface area contributed by atoms with Crippen molar-refractivity contribution in [1.82, 2.24) is 0 Å². The monoisotopic (exact) mass is 436 g/mol. The van der Waals surface area contributed by atoms with Gasteiger partial charge >= 0.3 is 15.2 Å². The topological polar surface area (TPSA) is 105 Å². The summed E-state index contributed by atoms with van der Waals surface area (Å²) in [5.41, 5.74) is -0.647. The lowest BCUT2D eigenvalue weighted by molar-refractivity contribution is -0.0680. The Balaban J connectivity index is 1.87. The second-order valence-corrected chi connectivity index (χ2v) is 19.4. The van der Waals surface area contributed by atoms with Gasteiger partial charge in [-0.15, -0.1) is 0 Å². The first-order valence-corrected chi connectivity index (χ1v) is 17.1. The molecule has 2 aliphatic rings. The van der Waals surface area contributed by atoms with Crippen molar-refractivity contribution in [1.29, 1.82) is 0 Å². The van der Waals surface area contributed by atoms with Crippen molar-refractivity contribution < 1.29 is 36.4 Å². The Morgan fingerprint density at radius 1 is 0.720 bits per heavy atom. The maximum Gasteiger partial charge on any atom is 0.331 e. The van der Waals surface area contributed by atoms with Gasteiger partial charge in [0.05, 0.1) is 58.5 Å². The molecular weight excluding hydrogens is 408 g/mol. The highest BCUT2D eigenvalue weighted by Crippen LogP contribution is 2.60. The Morgan fingerprint density at radius 3 is 1.24 bits per heavy atom. The molecule has 0 aromatic carbocycles. The highest BCUT2D eigenvalue weighted by molar-refractivity contribution is 7.64. The van der Waals surface area contributed by atoms with Crippen LogP contribution in [0.5, 0.6) is 0 Å². The van der Waals surface area contributed by atoms with E-state index in [0.29, 0.717) is 12.3 Å². The number of rotatable bonds is 6. The van der Waals surface area contributed by atoms with Crippen molar-refractivity contribution >= 4 is 29.5 Å². The smallest absolute Gasteiger partial charge is 0.324 e. The third kappa shape index (κ3) is 7.01. The van der Waals surface area contributed by atoms with Gasteiger partial charge in [0.25, 0.3) is 0 Å². The second kappa shape index (κ2) is 7.64. The molecule has 2 fully saturated rings. The summed E-state index contributed by atoms with van der Waals surface area (Å²) in [5.74, 6) is 0. The van der Waals surface area contributed by atoms with E-state index in [0.717, 1.165) is 0 Å². The summed E-state index contributed by atoms with van der Waals surface area (Å²) in [6.07, 6.45) is 0.840. The van der Waals surface area contributed by atoms with Gasteiger partial charge < -0.3 is 27.2 Å². The zero-order valence-electron chi connectivity index (χ0n) is 15.2. The molecule has 0 aromatic heterocycles. The zero-order chi connectivity index (χ0) is 19.0. The minimum Gasteiger partial charge on any atom is -0.324 e. The van der Waals surface area contributed by atoms with E-state index >= 15 is 0 Å². The van der Waals surface area contributed by atoms with Crippen LogP contribution < -0.4 is 0 Å². The molecule has 8 nitrogen and oxygen atoms in total. The predicted octanol–water partition coefficient (Wildman–Crippen LogP) is 3.70. The first kappa shape index (κ1) is 22.1. The first-order valence-electron chi connectivity index (χ1n) is 8.08. The van der Waals surface area contributed by atoms with E-state index in [-0.39, 0.29) is 38.8 Å². The van der Waals surface area contributed by atoms with Crippen LogP contribution in [0.2, 0.25) is 0 Å². The summed E-state index contributed by atoms with van der Waals surface area (Å²) in [6, 6.07) is 0. The van der Waals surface area contributed by atoms with Gasteiger partial charge in [-0.05, 0) is 26.7 Å². The van der Waals surface area contributed by atoms with Gasteiger partial charge in [-0.2, -0.15) is 0 Å². The van der Waals surface area contributed by atoms with Crippen LogP contribution in [0.1, 0.15) is 0 Å². The summed E-state index contributed by atoms with van der Waals surface area (Å²) >= 11 is 0. The molecule has 2 rings (SSSR count). The molecule has 0 amide bonds. The molecule has 0 aliphatic carbocycles. The number of hydrogen-bond acceptors (Lipinski definition) is 8. The molecule has 0 bridgehead atoms. The normalized spacial score (nSPS) is 37.3. The average Bonchev–Trinajstić information content (AvgIpc) is 2.49. The Hall–Kier alpha value is 0.760. The molecule has 0 radical (unpaired) electrons. The van der Waals surface area contributed by atoms with Crippen LogP contribution >= 0.6 is 29.5 Å². The average molecular weight is 436 g/mol. The van der Waals surface area contributed by atoms with Crippen LogP contribution in [0, 0.1) is 5.41 Å². The molecule has 0 N–H and O–H groups in total. The molecule has 0 atom stereocenters. The van der Waals surface area contributed by atoms with E-state index in [1.54, 1.807) is 26.7 Å². The minimum absolute atomic E-state index is 0.113. The van der Waals surface area contributed by atoms with Crippen LogP contribution in [-0.2, 0) is 36.4 Å². The molecule has 0 aromatic rings. The fourth-order valence-electron chi connectivity index (χ4n) is 2.25.